The number of rotatable bonds is 5. The maximum atomic E-state index is 12.6. The number of benzene rings is 2. The number of nitrogens with zero attached hydrogens (tertiary/aromatic N) is 2. The maximum Gasteiger partial charge on any atom is 0.410 e. The van der Waals surface area contributed by atoms with Gasteiger partial charge < -0.3 is 19.1 Å². The third-order valence-electron chi connectivity index (χ3n) is 5.13. The Bertz CT molecular complexity index is 913. The Labute approximate surface area is 173 Å². The predicted octanol–water partition coefficient (Wildman–Crippen LogP) is 2.29. The molecule has 30 heavy (non-hydrogen) atoms. The quantitative estimate of drug-likeness (QED) is 0.703. The molecule has 0 spiro atoms. The van der Waals surface area contributed by atoms with Crippen molar-refractivity contribution in [3.05, 3.63) is 71.3 Å². The van der Waals surface area contributed by atoms with E-state index in [2.05, 4.69) is 0 Å². The molecule has 0 radical (unpaired) electrons. The summed E-state index contributed by atoms with van der Waals surface area (Å²) in [5.41, 5.74) is 1.63. The summed E-state index contributed by atoms with van der Waals surface area (Å²) in [6.45, 7) is 0.552. The van der Waals surface area contributed by atoms with E-state index in [0.717, 1.165) is 10.5 Å². The van der Waals surface area contributed by atoms with E-state index in [0.29, 0.717) is 11.1 Å². The van der Waals surface area contributed by atoms with Crippen LogP contribution in [0, 0.1) is 0 Å². The number of methoxy groups -OCH3 is 1. The van der Waals surface area contributed by atoms with Crippen LogP contribution in [0.2, 0.25) is 0 Å². The molecule has 2 aromatic carbocycles. The van der Waals surface area contributed by atoms with Gasteiger partial charge in [-0.05, 0) is 17.7 Å². The second-order valence-electron chi connectivity index (χ2n) is 7.14. The maximum absolute atomic E-state index is 12.6. The average molecular weight is 410 g/mol. The van der Waals surface area contributed by atoms with Crippen molar-refractivity contribution in [1.82, 2.24) is 9.80 Å². The molecular formula is C22H22N2O6. The van der Waals surface area contributed by atoms with E-state index in [9.17, 15) is 14.4 Å². The van der Waals surface area contributed by atoms with E-state index < -0.39 is 18.5 Å². The molecule has 0 bridgehead atoms. The van der Waals surface area contributed by atoms with E-state index in [1.54, 1.807) is 24.3 Å². The van der Waals surface area contributed by atoms with Gasteiger partial charge in [-0.15, -0.1) is 0 Å². The van der Waals surface area contributed by atoms with Gasteiger partial charge in [-0.1, -0.05) is 42.5 Å². The van der Waals surface area contributed by atoms with Gasteiger partial charge in [0.2, 0.25) is 0 Å². The molecule has 3 amide bonds. The van der Waals surface area contributed by atoms with Gasteiger partial charge in [-0.3, -0.25) is 14.5 Å². The Kier molecular flexibility index (Phi) is 5.78. The van der Waals surface area contributed by atoms with Gasteiger partial charge in [-0.2, -0.15) is 0 Å². The molecule has 2 aliphatic heterocycles. The van der Waals surface area contributed by atoms with Crippen LogP contribution in [0.25, 0.3) is 0 Å². The van der Waals surface area contributed by atoms with Gasteiger partial charge in [0.25, 0.3) is 11.8 Å². The fourth-order valence-electron chi connectivity index (χ4n) is 3.60. The van der Waals surface area contributed by atoms with E-state index in [-0.39, 0.29) is 38.1 Å². The number of imide groups is 1. The molecule has 8 nitrogen and oxygen atoms in total. The molecule has 4 rings (SSSR count). The second-order valence-corrected chi connectivity index (χ2v) is 7.14. The number of carbonyl (C=O) groups excluding carboxylic acids is 3. The first-order chi connectivity index (χ1) is 14.6. The number of amides is 3. The normalized spacial score (nSPS) is 21.0. The van der Waals surface area contributed by atoms with Crippen molar-refractivity contribution in [2.24, 2.45) is 0 Å². The third kappa shape index (κ3) is 4.05. The zero-order valence-electron chi connectivity index (χ0n) is 16.5. The molecule has 2 unspecified atom stereocenters. The molecule has 1 fully saturated rings. The molecule has 156 valence electrons. The molecular weight excluding hydrogens is 388 g/mol. The van der Waals surface area contributed by atoms with Gasteiger partial charge >= 0.3 is 6.09 Å². The van der Waals surface area contributed by atoms with Gasteiger partial charge in [0, 0.05) is 7.11 Å². The summed E-state index contributed by atoms with van der Waals surface area (Å²) in [7, 11) is 1.47. The minimum atomic E-state index is -0.678. The molecule has 2 aliphatic rings. The Balaban J connectivity index is 1.41. The highest BCUT2D eigenvalue weighted by Crippen LogP contribution is 2.24. The van der Waals surface area contributed by atoms with Crippen LogP contribution >= 0.6 is 0 Å². The average Bonchev–Trinajstić information content (AvgIpc) is 3.03. The lowest BCUT2D eigenvalue weighted by Gasteiger charge is -2.37. The Hall–Kier alpha value is -3.23. The first-order valence-electron chi connectivity index (χ1n) is 9.66. The number of carbonyl (C=O) groups is 3. The monoisotopic (exact) mass is 410 g/mol. The van der Waals surface area contributed by atoms with Crippen LogP contribution in [0.1, 0.15) is 26.3 Å². The predicted molar refractivity (Wildman–Crippen MR) is 106 cm³/mol. The first kappa shape index (κ1) is 20.1. The van der Waals surface area contributed by atoms with Crippen molar-refractivity contribution in [3.63, 3.8) is 0 Å². The molecule has 0 saturated carbocycles. The highest BCUT2D eigenvalue weighted by molar-refractivity contribution is 6.21. The smallest absolute Gasteiger partial charge is 0.410 e. The van der Waals surface area contributed by atoms with Gasteiger partial charge in [0.1, 0.15) is 6.61 Å². The second kappa shape index (κ2) is 8.64. The van der Waals surface area contributed by atoms with Crippen molar-refractivity contribution in [3.8, 4) is 0 Å². The SMILES string of the molecule is COC1CN(C(=O)OCc2ccccc2)CC(CN2C(=O)c3ccccc3C2=O)O1. The molecule has 2 atom stereocenters. The summed E-state index contributed by atoms with van der Waals surface area (Å²) in [4.78, 5) is 40.4. The largest absolute Gasteiger partial charge is 0.445 e. The number of ether oxygens (including phenoxy) is 3. The van der Waals surface area contributed by atoms with E-state index in [1.807, 2.05) is 30.3 Å². The Morgan fingerprint density at radius 3 is 2.27 bits per heavy atom. The number of morpholine rings is 1. The number of fused-ring (bicyclic) bond motifs is 1. The fraction of sp³-hybridized carbons (Fsp3) is 0.318. The van der Waals surface area contributed by atoms with Gasteiger partial charge in [0.15, 0.2) is 6.29 Å². The first-order valence-corrected chi connectivity index (χ1v) is 9.66. The lowest BCUT2D eigenvalue weighted by Crippen LogP contribution is -2.54. The van der Waals surface area contributed by atoms with Crippen molar-refractivity contribution < 1.29 is 28.6 Å². The molecule has 0 N–H and O–H groups in total. The van der Waals surface area contributed by atoms with E-state index in [4.69, 9.17) is 14.2 Å². The Morgan fingerprint density at radius 2 is 1.63 bits per heavy atom. The molecule has 2 aromatic rings. The summed E-state index contributed by atoms with van der Waals surface area (Å²) in [5, 5.41) is 0. The molecule has 1 saturated heterocycles. The number of hydrogen-bond acceptors (Lipinski definition) is 6. The highest BCUT2D eigenvalue weighted by Gasteiger charge is 2.39. The third-order valence-corrected chi connectivity index (χ3v) is 5.13. The van der Waals surface area contributed by atoms with Crippen LogP contribution < -0.4 is 0 Å². The summed E-state index contributed by atoms with van der Waals surface area (Å²) in [6.07, 6.45) is -1.77. The molecule has 2 heterocycles. The van der Waals surface area contributed by atoms with E-state index in [1.165, 1.54) is 12.0 Å². The van der Waals surface area contributed by atoms with Crippen LogP contribution in [0.15, 0.2) is 54.6 Å². The van der Waals surface area contributed by atoms with Gasteiger partial charge in [-0.25, -0.2) is 4.79 Å². The van der Waals surface area contributed by atoms with Crippen LogP contribution in [-0.2, 0) is 20.8 Å². The van der Waals surface area contributed by atoms with Crippen LogP contribution in [-0.4, -0.2) is 66.8 Å². The minimum absolute atomic E-state index is 0.0225. The zero-order valence-corrected chi connectivity index (χ0v) is 16.5. The topological polar surface area (TPSA) is 85.4 Å². The van der Waals surface area contributed by atoms with Crippen molar-refractivity contribution in [1.29, 1.82) is 0 Å². The van der Waals surface area contributed by atoms with Gasteiger partial charge in [0.05, 0.1) is 36.9 Å². The summed E-state index contributed by atoms with van der Waals surface area (Å²) in [5.74, 6) is -0.728. The van der Waals surface area contributed by atoms with Crippen molar-refractivity contribution >= 4 is 17.9 Å². The molecule has 8 heteroatoms. The fourth-order valence-corrected chi connectivity index (χ4v) is 3.60. The van der Waals surface area contributed by atoms with Crippen LogP contribution in [0.4, 0.5) is 4.79 Å². The Morgan fingerprint density at radius 1 is 1.00 bits per heavy atom. The molecule has 0 aromatic heterocycles. The van der Waals surface area contributed by atoms with Crippen molar-refractivity contribution in [2.75, 3.05) is 26.7 Å². The summed E-state index contributed by atoms with van der Waals surface area (Å²) < 4.78 is 16.5. The number of hydrogen-bond donors (Lipinski definition) is 0. The van der Waals surface area contributed by atoms with Crippen LogP contribution in [0.3, 0.4) is 0 Å². The molecule has 0 aliphatic carbocycles. The van der Waals surface area contributed by atoms with Crippen LogP contribution in [0.5, 0.6) is 0 Å². The minimum Gasteiger partial charge on any atom is -0.445 e. The zero-order chi connectivity index (χ0) is 21.1. The van der Waals surface area contributed by atoms with E-state index >= 15 is 0 Å². The standard InChI is InChI=1S/C22H22N2O6/c1-28-19-13-23(22(27)29-14-15-7-3-2-4-8-15)11-16(30-19)12-24-20(25)17-9-5-6-10-18(17)21(24)26/h2-10,16,19H,11-14H2,1H3. The highest BCUT2D eigenvalue weighted by atomic mass is 16.7. The summed E-state index contributed by atoms with van der Waals surface area (Å²) in [6, 6.07) is 16.1. The lowest BCUT2D eigenvalue weighted by atomic mass is 10.1. The summed E-state index contributed by atoms with van der Waals surface area (Å²) >= 11 is 0. The lowest BCUT2D eigenvalue weighted by molar-refractivity contribution is -0.194. The van der Waals surface area contributed by atoms with Crippen molar-refractivity contribution in [2.45, 2.75) is 19.0 Å².